The van der Waals surface area contributed by atoms with E-state index in [0.29, 0.717) is 16.4 Å². The fourth-order valence-corrected chi connectivity index (χ4v) is 3.34. The number of halogens is 1. The number of aliphatic imine (C=N–C) groups is 1. The Bertz CT molecular complexity index is 952. The second-order valence-corrected chi connectivity index (χ2v) is 7.62. The summed E-state index contributed by atoms with van der Waals surface area (Å²) in [4.78, 5) is 19.9. The van der Waals surface area contributed by atoms with Crippen molar-refractivity contribution in [2.75, 3.05) is 7.05 Å². The van der Waals surface area contributed by atoms with Crippen LogP contribution in [0.5, 0.6) is 0 Å². The van der Waals surface area contributed by atoms with Crippen LogP contribution in [0.15, 0.2) is 35.2 Å². The zero-order valence-electron chi connectivity index (χ0n) is 14.4. The lowest BCUT2D eigenvalue weighted by molar-refractivity contribution is -0.685. The van der Waals surface area contributed by atoms with Gasteiger partial charge in [-0.05, 0) is 12.1 Å². The summed E-state index contributed by atoms with van der Waals surface area (Å²) in [7, 11) is 1.74. The van der Waals surface area contributed by atoms with E-state index in [9.17, 15) is 4.79 Å². The second-order valence-electron chi connectivity index (χ2n) is 7.18. The van der Waals surface area contributed by atoms with E-state index < -0.39 is 0 Å². The maximum absolute atomic E-state index is 12.8. The van der Waals surface area contributed by atoms with Crippen molar-refractivity contribution in [3.63, 3.8) is 0 Å². The van der Waals surface area contributed by atoms with Crippen molar-refractivity contribution in [3.8, 4) is 0 Å². The molecule has 0 bridgehead atoms. The van der Waals surface area contributed by atoms with Crippen LogP contribution in [-0.4, -0.2) is 39.2 Å². The van der Waals surface area contributed by atoms with Crippen LogP contribution in [0.2, 0.25) is 5.02 Å². The summed E-state index contributed by atoms with van der Waals surface area (Å²) in [5.41, 5.74) is 2.18. The van der Waals surface area contributed by atoms with Crippen molar-refractivity contribution < 1.29 is 9.69 Å². The molecule has 1 amide bonds. The molecule has 2 aromatic rings. The molecule has 1 aromatic heterocycles. The van der Waals surface area contributed by atoms with Gasteiger partial charge < -0.3 is 0 Å². The van der Waals surface area contributed by atoms with Gasteiger partial charge in [-0.1, -0.05) is 37.6 Å². The van der Waals surface area contributed by atoms with Crippen molar-refractivity contribution in [1.82, 2.24) is 19.9 Å². The summed E-state index contributed by atoms with van der Waals surface area (Å²) in [5.74, 6) is 1.22. The third-order valence-corrected chi connectivity index (χ3v) is 4.68. The molecule has 1 N–H and O–H groups in total. The van der Waals surface area contributed by atoms with Gasteiger partial charge in [0.1, 0.15) is 5.56 Å². The van der Waals surface area contributed by atoms with Gasteiger partial charge in [0.25, 0.3) is 11.7 Å². The largest absolute Gasteiger partial charge is 0.268 e. The van der Waals surface area contributed by atoms with E-state index in [2.05, 4.69) is 36.1 Å². The van der Waals surface area contributed by atoms with E-state index in [-0.39, 0.29) is 11.3 Å². The van der Waals surface area contributed by atoms with Gasteiger partial charge in [-0.15, -0.1) is 5.10 Å². The quantitative estimate of drug-likeness (QED) is 0.844. The first kappa shape index (κ1) is 16.0. The van der Waals surface area contributed by atoms with Crippen molar-refractivity contribution in [2.45, 2.75) is 26.2 Å². The lowest BCUT2D eigenvalue weighted by Crippen LogP contribution is -3.06. The molecule has 1 unspecified atom stereocenters. The molecule has 8 heteroatoms. The first-order chi connectivity index (χ1) is 11.8. The number of hydrogen-bond donors (Lipinski definition) is 1. The minimum absolute atomic E-state index is 0.114. The molecule has 7 nitrogen and oxygen atoms in total. The van der Waals surface area contributed by atoms with Gasteiger partial charge >= 0.3 is 0 Å². The van der Waals surface area contributed by atoms with E-state index in [1.54, 1.807) is 41.3 Å². The van der Waals surface area contributed by atoms with E-state index >= 15 is 0 Å². The second kappa shape index (κ2) is 5.24. The molecule has 0 fully saturated rings. The molecule has 25 heavy (non-hydrogen) atoms. The first-order valence-electron chi connectivity index (χ1n) is 7.94. The van der Waals surface area contributed by atoms with Gasteiger partial charge in [0.05, 0.1) is 11.9 Å². The first-order valence-corrected chi connectivity index (χ1v) is 8.32. The van der Waals surface area contributed by atoms with E-state index in [0.717, 1.165) is 22.1 Å². The SMILES string of the molecule is CN1C(=O)c2cc(Cl)ccc2[NH+]2C=NC(n3nncc3C(C)(C)C)=C12. The topological polar surface area (TPSA) is 67.8 Å². The van der Waals surface area contributed by atoms with Gasteiger partial charge in [-0.25, -0.2) is 4.90 Å². The Morgan fingerprint density at radius 3 is 2.72 bits per heavy atom. The Kier molecular flexibility index (Phi) is 3.35. The predicted octanol–water partition coefficient (Wildman–Crippen LogP) is 1.66. The third-order valence-electron chi connectivity index (χ3n) is 4.44. The van der Waals surface area contributed by atoms with Gasteiger partial charge in [-0.3, -0.25) is 9.69 Å². The number of nitrogens with one attached hydrogen (secondary N) is 1. The Morgan fingerprint density at radius 1 is 1.24 bits per heavy atom. The number of rotatable bonds is 1. The Labute approximate surface area is 150 Å². The van der Waals surface area contributed by atoms with Crippen LogP contribution in [0.3, 0.4) is 0 Å². The molecule has 2 aliphatic rings. The molecule has 0 saturated carbocycles. The summed E-state index contributed by atoms with van der Waals surface area (Å²) in [5, 5.41) is 8.79. The minimum Gasteiger partial charge on any atom is -0.268 e. The normalized spacial score (nSPS) is 19.5. The molecule has 0 radical (unpaired) electrons. The molecular weight excluding hydrogens is 340 g/mol. The Morgan fingerprint density at radius 2 is 2.00 bits per heavy atom. The zero-order valence-corrected chi connectivity index (χ0v) is 15.2. The molecule has 2 aliphatic heterocycles. The average molecular weight is 358 g/mol. The number of aromatic nitrogens is 3. The highest BCUT2D eigenvalue weighted by Crippen LogP contribution is 2.30. The van der Waals surface area contributed by atoms with Crippen LogP contribution in [0.1, 0.15) is 36.8 Å². The number of benzene rings is 1. The molecule has 1 aromatic carbocycles. The predicted molar refractivity (Wildman–Crippen MR) is 94.6 cm³/mol. The van der Waals surface area contributed by atoms with Gasteiger partial charge in [0.15, 0.2) is 5.69 Å². The summed E-state index contributed by atoms with van der Waals surface area (Å²) in [6.07, 6.45) is 3.51. The van der Waals surface area contributed by atoms with E-state index in [4.69, 9.17) is 11.6 Å². The number of nitrogens with zero attached hydrogens (tertiary/aromatic N) is 5. The summed E-state index contributed by atoms with van der Waals surface area (Å²) in [6.45, 7) is 6.26. The standard InChI is InChI=1S/C17H17ClN6O/c1-17(2,3)13-8-20-21-24(13)14-15-22(4)16(25)11-7-10(18)5-6-12(11)23(15)9-19-14/h5-9H,1-4H3/p+1. The van der Waals surface area contributed by atoms with Crippen molar-refractivity contribution in [3.05, 3.63) is 46.5 Å². The van der Waals surface area contributed by atoms with Crippen molar-refractivity contribution in [1.29, 1.82) is 0 Å². The molecular formula is C17H18ClN6O+. The van der Waals surface area contributed by atoms with E-state index in [1.165, 1.54) is 0 Å². The Balaban J connectivity index is 1.92. The highest BCUT2D eigenvalue weighted by atomic mass is 35.5. The summed E-state index contributed by atoms with van der Waals surface area (Å²) in [6, 6.07) is 5.34. The maximum atomic E-state index is 12.8. The maximum Gasteiger partial charge on any atom is 0.268 e. The number of amides is 1. The van der Waals surface area contributed by atoms with Gasteiger partial charge in [0, 0.05) is 23.6 Å². The van der Waals surface area contributed by atoms with Crippen molar-refractivity contribution in [2.24, 2.45) is 4.99 Å². The fourth-order valence-electron chi connectivity index (χ4n) is 3.16. The number of fused-ring (bicyclic) bond motifs is 3. The molecule has 0 spiro atoms. The van der Waals surface area contributed by atoms with Crippen LogP contribution in [0.25, 0.3) is 5.82 Å². The number of hydrogen-bond acceptors (Lipinski definition) is 4. The summed E-state index contributed by atoms with van der Waals surface area (Å²) < 4.78 is 1.71. The minimum atomic E-state index is -0.155. The van der Waals surface area contributed by atoms with Gasteiger partial charge in [0.2, 0.25) is 12.2 Å². The third kappa shape index (κ3) is 2.31. The molecule has 0 saturated heterocycles. The smallest absolute Gasteiger partial charge is 0.268 e. The summed E-state index contributed by atoms with van der Waals surface area (Å²) >= 11 is 6.07. The lowest BCUT2D eigenvalue weighted by atomic mass is 9.93. The monoisotopic (exact) mass is 357 g/mol. The van der Waals surface area contributed by atoms with Crippen LogP contribution in [-0.2, 0) is 5.41 Å². The molecule has 4 rings (SSSR count). The highest BCUT2D eigenvalue weighted by molar-refractivity contribution is 6.31. The number of carbonyl (C=O) groups excluding carboxylic acids is 1. The zero-order chi connectivity index (χ0) is 17.9. The van der Waals surface area contributed by atoms with Crippen LogP contribution >= 0.6 is 11.6 Å². The molecule has 3 heterocycles. The van der Waals surface area contributed by atoms with Crippen LogP contribution in [0.4, 0.5) is 5.69 Å². The lowest BCUT2D eigenvalue weighted by Gasteiger charge is -2.28. The van der Waals surface area contributed by atoms with Crippen LogP contribution in [0, 0.1) is 0 Å². The number of quaternary nitrogens is 1. The number of carbonyl (C=O) groups is 1. The van der Waals surface area contributed by atoms with Crippen LogP contribution < -0.4 is 4.90 Å². The molecule has 0 aliphatic carbocycles. The Hall–Kier alpha value is -2.51. The highest BCUT2D eigenvalue weighted by Gasteiger charge is 2.43. The molecule has 1 atom stereocenters. The van der Waals surface area contributed by atoms with Crippen molar-refractivity contribution >= 4 is 35.4 Å². The van der Waals surface area contributed by atoms with E-state index in [1.807, 2.05) is 6.07 Å². The molecule has 128 valence electrons. The van der Waals surface area contributed by atoms with Gasteiger partial charge in [-0.2, -0.15) is 9.67 Å². The average Bonchev–Trinajstić information content (AvgIpc) is 3.18. The fraction of sp³-hybridized carbons (Fsp3) is 0.294.